The largest absolute Gasteiger partial charge is 0.490 e. The molecule has 0 fully saturated rings. The number of carbonyl (C=O) groups is 1. The number of carbonyl (C=O) groups excluding carboxylic acids is 1. The monoisotopic (exact) mass is 437 g/mol. The van der Waals surface area contributed by atoms with E-state index in [-0.39, 0.29) is 12.1 Å². The van der Waals surface area contributed by atoms with Crippen LogP contribution in [0.3, 0.4) is 0 Å². The molecule has 1 heterocycles. The third kappa shape index (κ3) is 5.80. The summed E-state index contributed by atoms with van der Waals surface area (Å²) in [5.74, 6) is 1.12. The van der Waals surface area contributed by atoms with Gasteiger partial charge in [0.15, 0.2) is 0 Å². The van der Waals surface area contributed by atoms with E-state index in [0.29, 0.717) is 36.6 Å². The highest BCUT2D eigenvalue weighted by molar-refractivity contribution is 8.14. The minimum absolute atomic E-state index is 0.00914. The van der Waals surface area contributed by atoms with E-state index in [1.807, 2.05) is 63.0 Å². The number of anilines is 1. The van der Waals surface area contributed by atoms with Gasteiger partial charge in [0.05, 0.1) is 29.8 Å². The van der Waals surface area contributed by atoms with Crippen molar-refractivity contribution in [1.29, 1.82) is 5.26 Å². The Morgan fingerprint density at radius 2 is 2.10 bits per heavy atom. The summed E-state index contributed by atoms with van der Waals surface area (Å²) in [6.45, 7) is 8.15. The maximum absolute atomic E-state index is 11.6. The average Bonchev–Trinajstić information content (AvgIpc) is 3.22. The summed E-state index contributed by atoms with van der Waals surface area (Å²) in [6, 6.07) is 14.0. The fourth-order valence-electron chi connectivity index (χ4n) is 3.30. The molecule has 1 aliphatic heterocycles. The first-order chi connectivity index (χ1) is 14.9. The molecule has 31 heavy (non-hydrogen) atoms. The van der Waals surface area contributed by atoms with Crippen molar-refractivity contribution in [1.82, 2.24) is 0 Å². The first-order valence-corrected chi connectivity index (χ1v) is 11.3. The van der Waals surface area contributed by atoms with Crippen molar-refractivity contribution in [3.8, 4) is 11.8 Å². The summed E-state index contributed by atoms with van der Waals surface area (Å²) in [6.07, 6.45) is 1.05. The summed E-state index contributed by atoms with van der Waals surface area (Å²) in [7, 11) is 0. The van der Waals surface area contributed by atoms with E-state index in [1.165, 1.54) is 0 Å². The lowest BCUT2D eigenvalue weighted by Crippen LogP contribution is -2.12. The van der Waals surface area contributed by atoms with Crippen LogP contribution < -0.4 is 9.75 Å². The maximum atomic E-state index is 11.6. The summed E-state index contributed by atoms with van der Waals surface area (Å²) >= 11 is 1.63. The Labute approximate surface area is 187 Å². The van der Waals surface area contributed by atoms with Crippen LogP contribution in [-0.2, 0) is 16.0 Å². The highest BCUT2D eigenvalue weighted by Crippen LogP contribution is 2.32. The summed E-state index contributed by atoms with van der Waals surface area (Å²) in [5, 5.41) is 17.1. The molecule has 0 amide bonds. The second-order valence-electron chi connectivity index (χ2n) is 7.49. The fraction of sp³-hybridized carbons (Fsp3) is 0.375. The normalized spacial score (nSPS) is 13.2. The zero-order chi connectivity index (χ0) is 22.4. The van der Waals surface area contributed by atoms with Crippen LogP contribution in [0.15, 0.2) is 41.5 Å². The summed E-state index contributed by atoms with van der Waals surface area (Å²) in [4.78, 5) is 11.6. The molecule has 0 radical (unpaired) electrons. The van der Waals surface area contributed by atoms with E-state index in [1.54, 1.807) is 11.8 Å². The SMILES string of the molecule is CCOC(=O)CCc1ccc(N2CSC(c3ccc(OC(C)C)c(C#N)c3)=N2)c(C)c1. The Kier molecular flexibility index (Phi) is 7.59. The molecule has 0 N–H and O–H groups in total. The molecule has 1 aliphatic rings. The van der Waals surface area contributed by atoms with Crippen molar-refractivity contribution in [2.24, 2.45) is 5.10 Å². The molecule has 6 nitrogen and oxygen atoms in total. The van der Waals surface area contributed by atoms with Crippen molar-refractivity contribution in [2.45, 2.75) is 46.6 Å². The highest BCUT2D eigenvalue weighted by Gasteiger charge is 2.21. The first kappa shape index (κ1) is 22.7. The van der Waals surface area contributed by atoms with Crippen LogP contribution in [0.5, 0.6) is 5.75 Å². The lowest BCUT2D eigenvalue weighted by molar-refractivity contribution is -0.143. The van der Waals surface area contributed by atoms with E-state index < -0.39 is 0 Å². The average molecular weight is 438 g/mol. The van der Waals surface area contributed by atoms with Gasteiger partial charge in [-0.15, -0.1) is 0 Å². The quantitative estimate of drug-likeness (QED) is 0.540. The number of hydrogen-bond donors (Lipinski definition) is 0. The van der Waals surface area contributed by atoms with Gasteiger partial charge in [0, 0.05) is 12.0 Å². The second kappa shape index (κ2) is 10.4. The van der Waals surface area contributed by atoms with Gasteiger partial charge in [0.2, 0.25) is 0 Å². The number of esters is 1. The Morgan fingerprint density at radius 3 is 2.77 bits per heavy atom. The number of hydrogen-bond acceptors (Lipinski definition) is 7. The fourth-order valence-corrected chi connectivity index (χ4v) is 4.19. The predicted octanol–water partition coefficient (Wildman–Crippen LogP) is 5.02. The molecule has 0 saturated heterocycles. The number of thioether (sulfide) groups is 1. The molecule has 0 unspecified atom stereocenters. The molecule has 162 valence electrons. The van der Waals surface area contributed by atoms with Crippen LogP contribution in [0.25, 0.3) is 0 Å². The van der Waals surface area contributed by atoms with Crippen LogP contribution >= 0.6 is 11.8 Å². The van der Waals surface area contributed by atoms with Gasteiger partial charge in [-0.1, -0.05) is 23.9 Å². The van der Waals surface area contributed by atoms with E-state index in [2.05, 4.69) is 12.1 Å². The van der Waals surface area contributed by atoms with E-state index in [0.717, 1.165) is 27.4 Å². The van der Waals surface area contributed by atoms with Gasteiger partial charge in [0.25, 0.3) is 0 Å². The number of rotatable bonds is 8. The van der Waals surface area contributed by atoms with Gasteiger partial charge in [-0.05, 0) is 69.5 Å². The third-order valence-corrected chi connectivity index (χ3v) is 5.67. The molecular weight excluding hydrogens is 410 g/mol. The van der Waals surface area contributed by atoms with Crippen LogP contribution in [0.4, 0.5) is 5.69 Å². The highest BCUT2D eigenvalue weighted by atomic mass is 32.2. The van der Waals surface area contributed by atoms with Gasteiger partial charge in [-0.3, -0.25) is 9.80 Å². The third-order valence-electron chi connectivity index (χ3n) is 4.71. The number of benzene rings is 2. The molecule has 0 saturated carbocycles. The lowest BCUT2D eigenvalue weighted by Gasteiger charge is -2.16. The molecule has 0 aromatic heterocycles. The molecule has 0 bridgehead atoms. The van der Waals surface area contributed by atoms with Gasteiger partial charge in [-0.2, -0.15) is 10.4 Å². The van der Waals surface area contributed by atoms with E-state index in [9.17, 15) is 10.1 Å². The number of nitriles is 1. The number of nitrogens with zero attached hydrogens (tertiary/aromatic N) is 3. The smallest absolute Gasteiger partial charge is 0.306 e. The summed E-state index contributed by atoms with van der Waals surface area (Å²) < 4.78 is 10.7. The van der Waals surface area contributed by atoms with Gasteiger partial charge < -0.3 is 9.47 Å². The minimum atomic E-state index is -0.170. The molecular formula is C24H27N3O3S. The van der Waals surface area contributed by atoms with Gasteiger partial charge in [0.1, 0.15) is 16.9 Å². The topological polar surface area (TPSA) is 74.9 Å². The zero-order valence-corrected chi connectivity index (χ0v) is 19.2. The van der Waals surface area contributed by atoms with Crippen molar-refractivity contribution < 1.29 is 14.3 Å². The van der Waals surface area contributed by atoms with Crippen molar-refractivity contribution in [3.05, 3.63) is 58.7 Å². The first-order valence-electron chi connectivity index (χ1n) is 10.4. The predicted molar refractivity (Wildman–Crippen MR) is 125 cm³/mol. The molecule has 2 aromatic carbocycles. The molecule has 0 aliphatic carbocycles. The Hall–Kier alpha value is -2.98. The molecule has 0 atom stereocenters. The Balaban J connectivity index is 1.74. The Bertz CT molecular complexity index is 1030. The van der Waals surface area contributed by atoms with Crippen LogP contribution in [0.2, 0.25) is 0 Å². The van der Waals surface area contributed by atoms with Crippen molar-refractivity contribution >= 4 is 28.5 Å². The van der Waals surface area contributed by atoms with Crippen LogP contribution in [0, 0.1) is 18.3 Å². The lowest BCUT2D eigenvalue weighted by atomic mass is 10.1. The molecule has 7 heteroatoms. The molecule has 2 aromatic rings. The number of aryl methyl sites for hydroxylation is 2. The van der Waals surface area contributed by atoms with E-state index in [4.69, 9.17) is 14.6 Å². The van der Waals surface area contributed by atoms with Gasteiger partial charge >= 0.3 is 5.97 Å². The van der Waals surface area contributed by atoms with Crippen molar-refractivity contribution in [3.63, 3.8) is 0 Å². The van der Waals surface area contributed by atoms with Crippen LogP contribution in [0.1, 0.15) is 49.4 Å². The summed E-state index contributed by atoms with van der Waals surface area (Å²) in [5.41, 5.74) is 4.65. The van der Waals surface area contributed by atoms with Crippen LogP contribution in [-0.4, -0.2) is 29.6 Å². The van der Waals surface area contributed by atoms with Crippen molar-refractivity contribution in [2.75, 3.05) is 17.5 Å². The zero-order valence-electron chi connectivity index (χ0n) is 18.3. The number of hydrazone groups is 1. The molecule has 3 rings (SSSR count). The van der Waals surface area contributed by atoms with Gasteiger partial charge in [-0.25, -0.2) is 0 Å². The number of ether oxygens (including phenoxy) is 2. The Morgan fingerprint density at radius 1 is 1.29 bits per heavy atom. The molecule has 0 spiro atoms. The standard InChI is InChI=1S/C24H27N3O3S/c1-5-29-23(28)11-7-18-6-9-21(17(4)12-18)27-15-31-24(26-27)19-8-10-22(30-16(2)3)20(13-19)14-25/h6,8-10,12-13,16H,5,7,11,15H2,1-4H3. The maximum Gasteiger partial charge on any atom is 0.306 e. The van der Waals surface area contributed by atoms with E-state index >= 15 is 0 Å². The minimum Gasteiger partial charge on any atom is -0.490 e. The second-order valence-corrected chi connectivity index (χ2v) is 8.43.